The van der Waals surface area contributed by atoms with Gasteiger partial charge < -0.3 is 18.9 Å². The molecule has 0 atom stereocenters. The Morgan fingerprint density at radius 3 is 2.59 bits per heavy atom. The van der Waals surface area contributed by atoms with E-state index in [1.807, 2.05) is 37.3 Å². The number of thioether (sulfide) groups is 2. The van der Waals surface area contributed by atoms with Crippen LogP contribution in [-0.2, 0) is 24.7 Å². The van der Waals surface area contributed by atoms with Crippen LogP contribution in [0.25, 0.3) is 11.0 Å². The summed E-state index contributed by atoms with van der Waals surface area (Å²) in [4.78, 5) is 22.9. The van der Waals surface area contributed by atoms with Crippen LogP contribution in [0.1, 0.15) is 11.3 Å². The molecular weight excluding hydrogens is 531 g/mol. The van der Waals surface area contributed by atoms with Crippen molar-refractivity contribution < 1.29 is 36.9 Å². The van der Waals surface area contributed by atoms with Crippen LogP contribution in [0.4, 0.5) is 18.0 Å². The van der Waals surface area contributed by atoms with Crippen molar-refractivity contribution in [1.82, 2.24) is 14.5 Å². The molecule has 37 heavy (non-hydrogen) atoms. The van der Waals surface area contributed by atoms with E-state index >= 15 is 0 Å². The summed E-state index contributed by atoms with van der Waals surface area (Å²) < 4.78 is 57.8. The number of ether oxygens (including phenoxy) is 4. The van der Waals surface area contributed by atoms with Crippen molar-refractivity contribution in [3.63, 3.8) is 0 Å². The number of carbonyl (C=O) groups excluding carboxylic acids is 1. The molecule has 0 aliphatic rings. The van der Waals surface area contributed by atoms with E-state index in [0.29, 0.717) is 40.9 Å². The van der Waals surface area contributed by atoms with Gasteiger partial charge in [0.05, 0.1) is 43.2 Å². The molecule has 0 saturated heterocycles. The molecule has 13 heteroatoms. The lowest BCUT2D eigenvalue weighted by Gasteiger charge is -2.11. The molecule has 2 aromatic heterocycles. The fourth-order valence-electron chi connectivity index (χ4n) is 3.17. The molecule has 2 heterocycles. The normalized spacial score (nSPS) is 11.8. The molecule has 8 nitrogen and oxygen atoms in total. The molecule has 1 aromatic carbocycles. The zero-order valence-electron chi connectivity index (χ0n) is 20.5. The Hall–Kier alpha value is -2.32. The monoisotopic (exact) mass is 559 g/mol. The minimum atomic E-state index is -4.33. The predicted octanol–water partition coefficient (Wildman–Crippen LogP) is 5.35. The van der Waals surface area contributed by atoms with E-state index in [0.717, 1.165) is 16.2 Å². The highest BCUT2D eigenvalue weighted by Crippen LogP contribution is 2.30. The van der Waals surface area contributed by atoms with Gasteiger partial charge in [-0.2, -0.15) is 13.2 Å². The fourth-order valence-corrected chi connectivity index (χ4v) is 5.10. The lowest BCUT2D eigenvalue weighted by molar-refractivity contribution is -0.176. The van der Waals surface area contributed by atoms with Crippen LogP contribution >= 0.6 is 23.5 Å². The minimum absolute atomic E-state index is 0.1000. The summed E-state index contributed by atoms with van der Waals surface area (Å²) in [6.45, 7) is 1.50. The summed E-state index contributed by atoms with van der Waals surface area (Å²) in [7, 11) is 1.54. The van der Waals surface area contributed by atoms with Crippen molar-refractivity contribution in [2.24, 2.45) is 0 Å². The smallest absolute Gasteiger partial charge is 0.420 e. The number of halogens is 3. The number of nitrogens with zero attached hydrogens (tertiary/aromatic N) is 3. The summed E-state index contributed by atoms with van der Waals surface area (Å²) in [5.41, 5.74) is 3.19. The van der Waals surface area contributed by atoms with Gasteiger partial charge in [0.15, 0.2) is 5.16 Å². The summed E-state index contributed by atoms with van der Waals surface area (Å²) in [6.07, 6.45) is -3.13. The Kier molecular flexibility index (Phi) is 11.5. The maximum atomic E-state index is 12.8. The predicted molar refractivity (Wildman–Crippen MR) is 135 cm³/mol. The molecule has 0 saturated carbocycles. The van der Waals surface area contributed by atoms with Gasteiger partial charge in [0, 0.05) is 29.7 Å². The zero-order chi connectivity index (χ0) is 26.7. The Morgan fingerprint density at radius 2 is 1.81 bits per heavy atom. The Labute approximate surface area is 221 Å². The molecule has 3 rings (SSSR count). The first-order valence-corrected chi connectivity index (χ1v) is 13.3. The van der Waals surface area contributed by atoms with Crippen molar-refractivity contribution in [1.29, 1.82) is 0 Å². The third-order valence-electron chi connectivity index (χ3n) is 4.95. The van der Waals surface area contributed by atoms with Crippen molar-refractivity contribution >= 4 is 40.7 Å². The first-order valence-electron chi connectivity index (χ1n) is 11.4. The highest BCUT2D eigenvalue weighted by molar-refractivity contribution is 7.99. The summed E-state index contributed by atoms with van der Waals surface area (Å²) in [6, 6.07) is 9.25. The number of fused-ring (bicyclic) bond motifs is 1. The van der Waals surface area contributed by atoms with Gasteiger partial charge in [0.2, 0.25) is 0 Å². The second-order valence-electron chi connectivity index (χ2n) is 7.62. The highest BCUT2D eigenvalue weighted by atomic mass is 32.2. The van der Waals surface area contributed by atoms with Gasteiger partial charge in [0.1, 0.15) is 13.2 Å². The van der Waals surface area contributed by atoms with Gasteiger partial charge in [-0.05, 0) is 30.7 Å². The largest absolute Gasteiger partial charge is 0.446 e. The van der Waals surface area contributed by atoms with Gasteiger partial charge in [0.25, 0.3) is 0 Å². The zero-order valence-corrected chi connectivity index (χ0v) is 22.1. The van der Waals surface area contributed by atoms with Crippen molar-refractivity contribution in [2.45, 2.75) is 28.9 Å². The molecule has 0 aliphatic heterocycles. The summed E-state index contributed by atoms with van der Waals surface area (Å²) >= 11 is 2.96. The van der Waals surface area contributed by atoms with Crippen LogP contribution in [0.5, 0.6) is 0 Å². The number of imidazole rings is 1. The molecular formula is C24H28F3N3O5S2. The van der Waals surface area contributed by atoms with Crippen LogP contribution in [-0.4, -0.2) is 79.3 Å². The van der Waals surface area contributed by atoms with Gasteiger partial charge in [-0.25, -0.2) is 14.3 Å². The number of alkyl halides is 3. The second-order valence-corrected chi connectivity index (χ2v) is 9.70. The third kappa shape index (κ3) is 9.18. The van der Waals surface area contributed by atoms with Crippen LogP contribution in [0.3, 0.4) is 0 Å². The number of pyridine rings is 1. The molecule has 0 aliphatic carbocycles. The first-order chi connectivity index (χ1) is 17.8. The van der Waals surface area contributed by atoms with Crippen LogP contribution in [0, 0.1) is 6.92 Å². The van der Waals surface area contributed by atoms with Gasteiger partial charge in [-0.15, -0.1) is 11.8 Å². The molecule has 0 spiro atoms. The summed E-state index contributed by atoms with van der Waals surface area (Å²) in [5.74, 6) is 1.11. The van der Waals surface area contributed by atoms with Crippen LogP contribution < -0.4 is 0 Å². The van der Waals surface area contributed by atoms with Crippen molar-refractivity contribution in [3.8, 4) is 0 Å². The average molecular weight is 560 g/mol. The number of aromatic nitrogens is 3. The third-order valence-corrected chi connectivity index (χ3v) is 7.02. The topological polar surface area (TPSA) is 84.7 Å². The Morgan fingerprint density at radius 1 is 1.03 bits per heavy atom. The van der Waals surface area contributed by atoms with E-state index in [1.165, 1.54) is 23.4 Å². The van der Waals surface area contributed by atoms with Gasteiger partial charge >= 0.3 is 12.3 Å². The number of methoxy groups -OCH3 is 1. The molecule has 0 amide bonds. The Balaban J connectivity index is 1.56. The van der Waals surface area contributed by atoms with E-state index in [2.05, 4.69) is 14.7 Å². The van der Waals surface area contributed by atoms with Crippen LogP contribution in [0.15, 0.2) is 46.6 Å². The lowest BCUT2D eigenvalue weighted by atomic mass is 10.2. The number of rotatable bonds is 14. The number of hydrogen-bond donors (Lipinski definition) is 0. The number of para-hydroxylation sites is 2. The molecule has 0 bridgehead atoms. The number of benzene rings is 1. The highest BCUT2D eigenvalue weighted by Gasteiger charge is 2.27. The summed E-state index contributed by atoms with van der Waals surface area (Å²) in [5, 5.41) is 0.504. The van der Waals surface area contributed by atoms with Gasteiger partial charge in [-0.1, -0.05) is 23.9 Å². The number of carbonyl (C=O) groups is 1. The molecule has 0 unspecified atom stereocenters. The molecule has 202 valence electrons. The molecule has 0 radical (unpaired) electrons. The second kappa shape index (κ2) is 14.6. The average Bonchev–Trinajstić information content (AvgIpc) is 3.23. The van der Waals surface area contributed by atoms with Crippen molar-refractivity contribution in [2.75, 3.05) is 52.5 Å². The van der Waals surface area contributed by atoms with E-state index in [1.54, 1.807) is 18.0 Å². The molecule has 0 N–H and O–H groups in total. The first kappa shape index (κ1) is 29.2. The number of hydrogen-bond acceptors (Lipinski definition) is 9. The SMILES string of the molecule is COCCOC(=O)n1c(SCc2nccc(SCCOCCOCC(F)(F)F)c2C)nc2ccccc21. The van der Waals surface area contributed by atoms with Crippen LogP contribution in [0.2, 0.25) is 0 Å². The van der Waals surface area contributed by atoms with E-state index < -0.39 is 18.9 Å². The quantitative estimate of drug-likeness (QED) is 0.192. The van der Waals surface area contributed by atoms with E-state index in [4.69, 9.17) is 14.2 Å². The fraction of sp³-hybridized carbons (Fsp3) is 0.458. The molecule has 0 fully saturated rings. The standard InChI is InChI=1S/C24H28F3N3O5S2/c1-17-19(28-8-7-21(17)36-14-13-33-10-11-34-16-24(25,26)27)15-37-22-29-18-5-3-4-6-20(18)30(22)23(31)35-12-9-32-2/h3-8H,9-16H2,1-2H3. The maximum Gasteiger partial charge on any atom is 0.420 e. The van der Waals surface area contributed by atoms with Crippen molar-refractivity contribution in [3.05, 3.63) is 47.8 Å². The molecule has 3 aromatic rings. The van der Waals surface area contributed by atoms with E-state index in [-0.39, 0.29) is 19.8 Å². The van der Waals surface area contributed by atoms with Gasteiger partial charge in [-0.3, -0.25) is 4.98 Å². The lowest BCUT2D eigenvalue weighted by Crippen LogP contribution is -2.19. The Bertz CT molecular complexity index is 1160. The minimum Gasteiger partial charge on any atom is -0.446 e. The maximum absolute atomic E-state index is 12.8. The van der Waals surface area contributed by atoms with E-state index in [9.17, 15) is 18.0 Å².